The van der Waals surface area contributed by atoms with Gasteiger partial charge in [-0.05, 0) is 48.2 Å². The van der Waals surface area contributed by atoms with Crippen LogP contribution in [0.4, 0.5) is 0 Å². The van der Waals surface area contributed by atoms with Gasteiger partial charge in [0.15, 0.2) is 0 Å². The van der Waals surface area contributed by atoms with Crippen LogP contribution in [0.1, 0.15) is 27.0 Å². The van der Waals surface area contributed by atoms with Crippen molar-refractivity contribution in [2.75, 3.05) is 6.54 Å². The molecular formula is C17H16ClNO2. The van der Waals surface area contributed by atoms with Gasteiger partial charge in [-0.3, -0.25) is 4.79 Å². The number of nitrogens with zero attached hydrogens (tertiary/aromatic N) is 1. The van der Waals surface area contributed by atoms with E-state index >= 15 is 0 Å². The monoisotopic (exact) mass is 301 g/mol. The molecule has 108 valence electrons. The van der Waals surface area contributed by atoms with Gasteiger partial charge in [-0.25, -0.2) is 0 Å². The number of halogens is 1. The van der Waals surface area contributed by atoms with Gasteiger partial charge in [0.25, 0.3) is 5.91 Å². The summed E-state index contributed by atoms with van der Waals surface area (Å²) >= 11 is 6.25. The summed E-state index contributed by atoms with van der Waals surface area (Å²) < 4.78 is 0. The van der Waals surface area contributed by atoms with Crippen molar-refractivity contribution < 1.29 is 9.90 Å². The van der Waals surface area contributed by atoms with E-state index in [1.165, 1.54) is 5.56 Å². The first-order chi connectivity index (χ1) is 10.1. The molecule has 0 unspecified atom stereocenters. The SMILES string of the molecule is Cc1cccc(C(=O)N2CCc3ccc(O)cc3C2)c1Cl. The van der Waals surface area contributed by atoms with Crippen LogP contribution in [0.2, 0.25) is 5.02 Å². The molecule has 1 heterocycles. The van der Waals surface area contributed by atoms with Crippen molar-refractivity contribution in [3.8, 4) is 5.75 Å². The Balaban J connectivity index is 1.89. The van der Waals surface area contributed by atoms with Crippen molar-refractivity contribution in [2.24, 2.45) is 0 Å². The molecule has 21 heavy (non-hydrogen) atoms. The molecular weight excluding hydrogens is 286 g/mol. The third kappa shape index (κ3) is 2.61. The van der Waals surface area contributed by atoms with Gasteiger partial charge in [0, 0.05) is 13.1 Å². The molecule has 0 saturated carbocycles. The summed E-state index contributed by atoms with van der Waals surface area (Å²) in [7, 11) is 0. The number of rotatable bonds is 1. The predicted molar refractivity (Wildman–Crippen MR) is 82.7 cm³/mol. The minimum absolute atomic E-state index is 0.0577. The molecule has 3 nitrogen and oxygen atoms in total. The number of phenols is 1. The fraction of sp³-hybridized carbons (Fsp3) is 0.235. The van der Waals surface area contributed by atoms with Crippen molar-refractivity contribution in [1.29, 1.82) is 0 Å². The Hall–Kier alpha value is -2.00. The molecule has 0 atom stereocenters. The lowest BCUT2D eigenvalue weighted by Gasteiger charge is -2.29. The van der Waals surface area contributed by atoms with Gasteiger partial charge in [-0.1, -0.05) is 29.8 Å². The zero-order valence-electron chi connectivity index (χ0n) is 11.8. The highest BCUT2D eigenvalue weighted by atomic mass is 35.5. The van der Waals surface area contributed by atoms with Crippen LogP contribution in [0.25, 0.3) is 0 Å². The van der Waals surface area contributed by atoms with Crippen molar-refractivity contribution in [3.05, 3.63) is 63.7 Å². The van der Waals surface area contributed by atoms with Gasteiger partial charge in [0.1, 0.15) is 5.75 Å². The Morgan fingerprint density at radius 2 is 2.05 bits per heavy atom. The molecule has 0 spiro atoms. The maximum atomic E-state index is 12.6. The number of benzene rings is 2. The summed E-state index contributed by atoms with van der Waals surface area (Å²) in [5.41, 5.74) is 3.63. The van der Waals surface area contributed by atoms with E-state index in [0.717, 1.165) is 17.5 Å². The van der Waals surface area contributed by atoms with Gasteiger partial charge >= 0.3 is 0 Å². The summed E-state index contributed by atoms with van der Waals surface area (Å²) in [5, 5.41) is 10.1. The van der Waals surface area contributed by atoms with Crippen molar-refractivity contribution in [2.45, 2.75) is 19.9 Å². The van der Waals surface area contributed by atoms with E-state index in [1.807, 2.05) is 25.1 Å². The Morgan fingerprint density at radius 1 is 1.24 bits per heavy atom. The predicted octanol–water partition coefficient (Wildman–Crippen LogP) is 3.55. The molecule has 0 radical (unpaired) electrons. The molecule has 1 N–H and O–H groups in total. The molecule has 0 fully saturated rings. The molecule has 1 aliphatic rings. The first-order valence-electron chi connectivity index (χ1n) is 6.91. The van der Waals surface area contributed by atoms with E-state index in [4.69, 9.17) is 11.6 Å². The Bertz CT molecular complexity index is 712. The molecule has 4 heteroatoms. The van der Waals surface area contributed by atoms with Gasteiger partial charge in [-0.15, -0.1) is 0 Å². The molecule has 1 aliphatic heterocycles. The minimum atomic E-state index is -0.0577. The van der Waals surface area contributed by atoms with Crippen LogP contribution >= 0.6 is 11.6 Å². The number of phenolic OH excluding ortho intramolecular Hbond substituents is 1. The summed E-state index contributed by atoms with van der Waals surface area (Å²) in [6.07, 6.45) is 0.796. The molecule has 3 rings (SSSR count). The maximum absolute atomic E-state index is 12.6. The second-order valence-electron chi connectivity index (χ2n) is 5.37. The normalized spacial score (nSPS) is 13.9. The van der Waals surface area contributed by atoms with Crippen molar-refractivity contribution in [3.63, 3.8) is 0 Å². The maximum Gasteiger partial charge on any atom is 0.255 e. The largest absolute Gasteiger partial charge is 0.508 e. The highest BCUT2D eigenvalue weighted by Crippen LogP contribution is 2.27. The van der Waals surface area contributed by atoms with E-state index in [1.54, 1.807) is 23.1 Å². The lowest BCUT2D eigenvalue weighted by molar-refractivity contribution is 0.0734. The van der Waals surface area contributed by atoms with Crippen molar-refractivity contribution >= 4 is 17.5 Å². The first-order valence-corrected chi connectivity index (χ1v) is 7.29. The average molecular weight is 302 g/mol. The molecule has 0 aromatic heterocycles. The fourth-order valence-electron chi connectivity index (χ4n) is 2.70. The van der Waals surface area contributed by atoms with Gasteiger partial charge < -0.3 is 10.0 Å². The van der Waals surface area contributed by atoms with Crippen LogP contribution in [0.15, 0.2) is 36.4 Å². The lowest BCUT2D eigenvalue weighted by Crippen LogP contribution is -2.36. The third-order valence-corrected chi connectivity index (χ3v) is 4.41. The Kier molecular flexibility index (Phi) is 3.60. The Morgan fingerprint density at radius 3 is 2.86 bits per heavy atom. The molecule has 0 bridgehead atoms. The van der Waals surface area contributed by atoms with Crippen LogP contribution in [0, 0.1) is 6.92 Å². The third-order valence-electron chi connectivity index (χ3n) is 3.91. The molecule has 2 aromatic rings. The van der Waals surface area contributed by atoms with E-state index in [9.17, 15) is 9.90 Å². The summed E-state index contributed by atoms with van der Waals surface area (Å²) in [6.45, 7) is 3.07. The second kappa shape index (κ2) is 5.41. The number of fused-ring (bicyclic) bond motifs is 1. The smallest absolute Gasteiger partial charge is 0.255 e. The minimum Gasteiger partial charge on any atom is -0.508 e. The van der Waals surface area contributed by atoms with E-state index in [-0.39, 0.29) is 11.7 Å². The molecule has 2 aromatic carbocycles. The average Bonchev–Trinajstić information content (AvgIpc) is 2.48. The quantitative estimate of drug-likeness (QED) is 0.875. The number of aryl methyl sites for hydroxylation is 1. The van der Waals surface area contributed by atoms with Crippen molar-refractivity contribution in [1.82, 2.24) is 4.90 Å². The standard InChI is InChI=1S/C17H16ClNO2/c1-11-3-2-4-15(16(11)18)17(21)19-8-7-12-5-6-14(20)9-13(12)10-19/h2-6,9,20H,7-8,10H2,1H3. The number of hydrogen-bond acceptors (Lipinski definition) is 2. The number of carbonyl (C=O) groups is 1. The van der Waals surface area contributed by atoms with Crippen LogP contribution in [-0.4, -0.2) is 22.5 Å². The number of hydrogen-bond donors (Lipinski definition) is 1. The highest BCUT2D eigenvalue weighted by molar-refractivity contribution is 6.34. The van der Waals surface area contributed by atoms with Gasteiger partial charge in [0.2, 0.25) is 0 Å². The van der Waals surface area contributed by atoms with E-state index in [0.29, 0.717) is 23.7 Å². The number of aromatic hydroxyl groups is 1. The zero-order valence-corrected chi connectivity index (χ0v) is 12.5. The van der Waals surface area contributed by atoms with Crippen LogP contribution in [0.3, 0.4) is 0 Å². The topological polar surface area (TPSA) is 40.5 Å². The first kappa shape index (κ1) is 14.0. The van der Waals surface area contributed by atoms with Crippen LogP contribution in [-0.2, 0) is 13.0 Å². The molecule has 1 amide bonds. The van der Waals surface area contributed by atoms with Crippen LogP contribution < -0.4 is 0 Å². The van der Waals surface area contributed by atoms with Crippen LogP contribution in [0.5, 0.6) is 5.75 Å². The summed E-state index contributed by atoms with van der Waals surface area (Å²) in [6, 6.07) is 10.8. The van der Waals surface area contributed by atoms with E-state index < -0.39 is 0 Å². The molecule has 0 aliphatic carbocycles. The summed E-state index contributed by atoms with van der Waals surface area (Å²) in [5.74, 6) is 0.175. The Labute approximate surface area is 128 Å². The number of amides is 1. The zero-order chi connectivity index (χ0) is 15.0. The summed E-state index contributed by atoms with van der Waals surface area (Å²) in [4.78, 5) is 14.4. The second-order valence-corrected chi connectivity index (χ2v) is 5.74. The number of carbonyl (C=O) groups excluding carboxylic acids is 1. The van der Waals surface area contributed by atoms with Gasteiger partial charge in [-0.2, -0.15) is 0 Å². The van der Waals surface area contributed by atoms with Gasteiger partial charge in [0.05, 0.1) is 10.6 Å². The van der Waals surface area contributed by atoms with E-state index in [2.05, 4.69) is 0 Å². The molecule has 0 saturated heterocycles. The fourth-order valence-corrected chi connectivity index (χ4v) is 2.91. The highest BCUT2D eigenvalue weighted by Gasteiger charge is 2.23. The lowest BCUT2D eigenvalue weighted by atomic mass is 9.98.